The largest absolute Gasteiger partial charge is 0.463 e. The van der Waals surface area contributed by atoms with Crippen LogP contribution in [0.4, 0.5) is 0 Å². The van der Waals surface area contributed by atoms with E-state index in [0.717, 1.165) is 0 Å². The Labute approximate surface area is 83.6 Å². The number of ether oxygens (including phenoxy) is 1. The number of rotatable bonds is 1. The van der Waals surface area contributed by atoms with E-state index in [2.05, 4.69) is 37.0 Å². The molecule has 0 aliphatic carbocycles. The van der Waals surface area contributed by atoms with Crippen LogP contribution in [0.2, 0.25) is 0 Å². The predicted molar refractivity (Wildman–Crippen MR) is 56.2 cm³/mol. The third-order valence-corrected chi connectivity index (χ3v) is 2.46. The molecule has 2 N–H and O–H groups in total. The maximum atomic E-state index is 5.47. The first-order valence-electron chi connectivity index (χ1n) is 4.70. The summed E-state index contributed by atoms with van der Waals surface area (Å²) < 4.78 is 5.13. The molecule has 1 atom stereocenters. The van der Waals surface area contributed by atoms with Crippen LogP contribution in [0.5, 0.6) is 0 Å². The number of amidine groups is 1. The van der Waals surface area contributed by atoms with Crippen molar-refractivity contribution in [2.75, 3.05) is 6.61 Å². The highest BCUT2D eigenvalue weighted by Crippen LogP contribution is 2.25. The molecule has 0 amide bonds. The van der Waals surface area contributed by atoms with E-state index in [9.17, 15) is 0 Å². The Bertz CT molecular complexity index is 385. The summed E-state index contributed by atoms with van der Waals surface area (Å²) >= 11 is 0. The Balaban J connectivity index is 2.33. The normalized spacial score (nSPS) is 20.4. The zero-order valence-corrected chi connectivity index (χ0v) is 8.45. The standard InChI is InChI=1S/C11H14N2O/c1-7-3-4-9(8(2)5-7)10-6-14-11(12)13-10/h3-5,10H,6H2,1-2H3,(H2,12,13). The molecule has 14 heavy (non-hydrogen) atoms. The average molecular weight is 190 g/mol. The summed E-state index contributed by atoms with van der Waals surface area (Å²) in [6.45, 7) is 4.74. The highest BCUT2D eigenvalue weighted by molar-refractivity contribution is 5.73. The number of aryl methyl sites for hydroxylation is 2. The third kappa shape index (κ3) is 1.58. The Morgan fingerprint density at radius 3 is 2.79 bits per heavy atom. The minimum absolute atomic E-state index is 0.0793. The molecule has 0 spiro atoms. The van der Waals surface area contributed by atoms with Crippen LogP contribution >= 0.6 is 0 Å². The van der Waals surface area contributed by atoms with Crippen LogP contribution in [0.1, 0.15) is 22.7 Å². The Morgan fingerprint density at radius 1 is 1.43 bits per heavy atom. The van der Waals surface area contributed by atoms with Gasteiger partial charge in [0, 0.05) is 0 Å². The van der Waals surface area contributed by atoms with E-state index in [1.165, 1.54) is 16.7 Å². The minimum Gasteiger partial charge on any atom is -0.463 e. The number of hydrogen-bond donors (Lipinski definition) is 1. The minimum atomic E-state index is 0.0793. The van der Waals surface area contributed by atoms with Crippen molar-refractivity contribution in [2.45, 2.75) is 19.9 Å². The fourth-order valence-corrected chi connectivity index (χ4v) is 1.75. The molecule has 0 saturated carbocycles. The van der Waals surface area contributed by atoms with Crippen molar-refractivity contribution in [3.8, 4) is 0 Å². The van der Waals surface area contributed by atoms with E-state index in [4.69, 9.17) is 10.5 Å². The van der Waals surface area contributed by atoms with Crippen molar-refractivity contribution in [1.82, 2.24) is 0 Å². The molecular weight excluding hydrogens is 176 g/mol. The van der Waals surface area contributed by atoms with Crippen molar-refractivity contribution in [3.05, 3.63) is 34.9 Å². The average Bonchev–Trinajstić information content (AvgIpc) is 2.51. The van der Waals surface area contributed by atoms with Gasteiger partial charge in [-0.1, -0.05) is 23.8 Å². The molecular formula is C11H14N2O. The molecule has 0 fully saturated rings. The first-order valence-corrected chi connectivity index (χ1v) is 4.70. The molecule has 2 rings (SSSR count). The van der Waals surface area contributed by atoms with E-state index in [0.29, 0.717) is 12.6 Å². The summed E-state index contributed by atoms with van der Waals surface area (Å²) in [5.74, 6) is 0. The molecule has 0 saturated heterocycles. The van der Waals surface area contributed by atoms with Crippen molar-refractivity contribution in [3.63, 3.8) is 0 Å². The van der Waals surface area contributed by atoms with Gasteiger partial charge in [-0.25, -0.2) is 4.99 Å². The summed E-state index contributed by atoms with van der Waals surface area (Å²) in [5, 5.41) is 0. The van der Waals surface area contributed by atoms with Gasteiger partial charge in [0.05, 0.1) is 0 Å². The fourth-order valence-electron chi connectivity index (χ4n) is 1.75. The molecule has 3 nitrogen and oxygen atoms in total. The van der Waals surface area contributed by atoms with Gasteiger partial charge < -0.3 is 10.5 Å². The molecule has 1 aliphatic rings. The second-order valence-corrected chi connectivity index (χ2v) is 3.65. The van der Waals surface area contributed by atoms with Crippen LogP contribution in [-0.4, -0.2) is 12.6 Å². The van der Waals surface area contributed by atoms with E-state index in [1.54, 1.807) is 0 Å². The SMILES string of the molecule is Cc1ccc(C2COC(N)=N2)c(C)c1. The summed E-state index contributed by atoms with van der Waals surface area (Å²) in [6.07, 6.45) is 0. The molecule has 1 heterocycles. The lowest BCUT2D eigenvalue weighted by atomic mass is 10.0. The number of nitrogens with two attached hydrogens (primary N) is 1. The molecule has 0 aromatic heterocycles. The lowest BCUT2D eigenvalue weighted by molar-refractivity contribution is 0.315. The van der Waals surface area contributed by atoms with Gasteiger partial charge in [-0.05, 0) is 25.0 Å². The van der Waals surface area contributed by atoms with Crippen molar-refractivity contribution >= 4 is 6.02 Å². The van der Waals surface area contributed by atoms with E-state index in [1.807, 2.05) is 0 Å². The zero-order valence-electron chi connectivity index (χ0n) is 8.45. The van der Waals surface area contributed by atoms with Crippen molar-refractivity contribution < 1.29 is 4.74 Å². The van der Waals surface area contributed by atoms with Crippen LogP contribution in [0.25, 0.3) is 0 Å². The fraction of sp³-hybridized carbons (Fsp3) is 0.364. The summed E-state index contributed by atoms with van der Waals surface area (Å²) in [6, 6.07) is 6.72. The first kappa shape index (κ1) is 9.06. The maximum absolute atomic E-state index is 5.47. The highest BCUT2D eigenvalue weighted by atomic mass is 16.5. The van der Waals surface area contributed by atoms with Crippen LogP contribution in [0, 0.1) is 13.8 Å². The van der Waals surface area contributed by atoms with Crippen LogP contribution in [0.15, 0.2) is 23.2 Å². The quantitative estimate of drug-likeness (QED) is 0.732. The van der Waals surface area contributed by atoms with Gasteiger partial charge in [-0.2, -0.15) is 0 Å². The van der Waals surface area contributed by atoms with E-state index >= 15 is 0 Å². The molecule has 3 heteroatoms. The third-order valence-electron chi connectivity index (χ3n) is 2.46. The Hall–Kier alpha value is -1.51. The van der Waals surface area contributed by atoms with Crippen LogP contribution in [0.3, 0.4) is 0 Å². The molecule has 1 unspecified atom stereocenters. The lowest BCUT2D eigenvalue weighted by Gasteiger charge is -2.09. The molecule has 1 aliphatic heterocycles. The molecule has 0 bridgehead atoms. The van der Waals surface area contributed by atoms with Gasteiger partial charge in [0.25, 0.3) is 6.02 Å². The summed E-state index contributed by atoms with van der Waals surface area (Å²) in [4.78, 5) is 4.22. The smallest absolute Gasteiger partial charge is 0.282 e. The lowest BCUT2D eigenvalue weighted by Crippen LogP contribution is -2.10. The first-order chi connectivity index (χ1) is 6.66. The number of benzene rings is 1. The van der Waals surface area contributed by atoms with Gasteiger partial charge in [-0.15, -0.1) is 0 Å². The van der Waals surface area contributed by atoms with Crippen LogP contribution < -0.4 is 5.73 Å². The summed E-state index contributed by atoms with van der Waals surface area (Å²) in [7, 11) is 0. The molecule has 74 valence electrons. The molecule has 1 aromatic carbocycles. The van der Waals surface area contributed by atoms with Gasteiger partial charge in [0.2, 0.25) is 0 Å². The monoisotopic (exact) mass is 190 g/mol. The van der Waals surface area contributed by atoms with E-state index < -0.39 is 0 Å². The number of hydrogen-bond acceptors (Lipinski definition) is 3. The highest BCUT2D eigenvalue weighted by Gasteiger charge is 2.19. The van der Waals surface area contributed by atoms with Gasteiger partial charge in [0.15, 0.2) is 0 Å². The topological polar surface area (TPSA) is 47.6 Å². The van der Waals surface area contributed by atoms with Gasteiger partial charge >= 0.3 is 0 Å². The number of nitrogens with zero attached hydrogens (tertiary/aromatic N) is 1. The molecule has 1 aromatic rings. The van der Waals surface area contributed by atoms with Gasteiger partial charge in [-0.3, -0.25) is 0 Å². The van der Waals surface area contributed by atoms with E-state index in [-0.39, 0.29) is 6.04 Å². The molecule has 0 radical (unpaired) electrons. The van der Waals surface area contributed by atoms with Crippen molar-refractivity contribution in [1.29, 1.82) is 0 Å². The van der Waals surface area contributed by atoms with Crippen LogP contribution in [-0.2, 0) is 4.74 Å². The Morgan fingerprint density at radius 2 is 2.21 bits per heavy atom. The zero-order chi connectivity index (χ0) is 10.1. The Kier molecular flexibility index (Phi) is 2.15. The maximum Gasteiger partial charge on any atom is 0.282 e. The van der Waals surface area contributed by atoms with Gasteiger partial charge in [0.1, 0.15) is 12.6 Å². The second kappa shape index (κ2) is 3.33. The predicted octanol–water partition coefficient (Wildman–Crippen LogP) is 1.69. The second-order valence-electron chi connectivity index (χ2n) is 3.65. The van der Waals surface area contributed by atoms with Crippen molar-refractivity contribution in [2.24, 2.45) is 10.7 Å². The number of aliphatic imine (C=N–C) groups is 1. The summed E-state index contributed by atoms with van der Waals surface area (Å²) in [5.41, 5.74) is 9.19.